The third kappa shape index (κ3) is 7.50. The van der Waals surface area contributed by atoms with Crippen molar-refractivity contribution >= 4 is 43.6 Å². The Morgan fingerprint density at radius 1 is 1.21 bits per heavy atom. The Hall–Kier alpha value is -2.39. The van der Waals surface area contributed by atoms with E-state index in [9.17, 15) is 19.2 Å². The second-order valence-corrected chi connectivity index (χ2v) is 14.0. The van der Waals surface area contributed by atoms with E-state index < -0.39 is 38.0 Å². The molecule has 10 heteroatoms. The second kappa shape index (κ2) is 9.88. The van der Waals surface area contributed by atoms with Gasteiger partial charge in [-0.3, -0.25) is 9.59 Å². The Morgan fingerprint density at radius 3 is 2.45 bits per heavy atom. The zero-order chi connectivity index (χ0) is 21.6. The number of ether oxygens (including phenoxy) is 1. The molecule has 0 aromatic heterocycles. The highest BCUT2D eigenvalue weighted by molar-refractivity contribution is 6.76. The van der Waals surface area contributed by atoms with Crippen molar-refractivity contribution in [1.82, 2.24) is 10.4 Å². The molecule has 0 radical (unpaired) electrons. The van der Waals surface area contributed by atoms with Crippen LogP contribution in [0.4, 0.5) is 4.79 Å². The van der Waals surface area contributed by atoms with Gasteiger partial charge in [-0.1, -0.05) is 43.4 Å². The Labute approximate surface area is 175 Å². The highest BCUT2D eigenvalue weighted by Gasteiger charge is 2.35. The van der Waals surface area contributed by atoms with Crippen molar-refractivity contribution in [2.45, 2.75) is 51.0 Å². The summed E-state index contributed by atoms with van der Waals surface area (Å²) in [5.74, 6) is -2.12. The summed E-state index contributed by atoms with van der Waals surface area (Å²) in [5.41, 5.74) is 0.668. The molecule has 0 aliphatic carbocycles. The number of carbonyl (C=O) groups is 4. The summed E-state index contributed by atoms with van der Waals surface area (Å²) in [6.45, 7) is 6.69. The van der Waals surface area contributed by atoms with Crippen LogP contribution in [0.1, 0.15) is 18.4 Å². The van der Waals surface area contributed by atoms with Gasteiger partial charge in [0.1, 0.15) is 6.04 Å². The number of benzene rings is 1. The minimum Gasteiger partial charge on any atom is -0.450 e. The lowest BCUT2D eigenvalue weighted by Gasteiger charge is -2.21. The van der Waals surface area contributed by atoms with E-state index in [2.05, 4.69) is 25.0 Å². The predicted octanol–water partition coefficient (Wildman–Crippen LogP) is 2.92. The maximum absolute atomic E-state index is 12.6. The van der Waals surface area contributed by atoms with Gasteiger partial charge in [0.05, 0.1) is 6.61 Å². The fraction of sp³-hybridized carbons (Fsp3) is 0.474. The molecule has 0 unspecified atom stereocenters. The van der Waals surface area contributed by atoms with E-state index in [1.165, 1.54) is 0 Å². The molecule has 29 heavy (non-hydrogen) atoms. The molecule has 0 bridgehead atoms. The number of imide groups is 1. The molecule has 1 heterocycles. The Morgan fingerprint density at radius 2 is 1.86 bits per heavy atom. The van der Waals surface area contributed by atoms with E-state index >= 15 is 0 Å². The molecule has 1 saturated heterocycles. The highest BCUT2D eigenvalue weighted by atomic mass is 35.5. The number of nitrogens with one attached hydrogen (secondary N) is 1. The van der Waals surface area contributed by atoms with Crippen molar-refractivity contribution in [3.63, 3.8) is 0 Å². The maximum atomic E-state index is 12.6. The molecule has 1 aromatic carbocycles. The molecule has 1 aliphatic rings. The van der Waals surface area contributed by atoms with E-state index in [1.807, 2.05) is 0 Å². The first-order chi connectivity index (χ1) is 13.5. The lowest BCUT2D eigenvalue weighted by atomic mass is 10.1. The van der Waals surface area contributed by atoms with Crippen molar-refractivity contribution in [1.29, 1.82) is 0 Å². The fourth-order valence-corrected chi connectivity index (χ4v) is 3.47. The summed E-state index contributed by atoms with van der Waals surface area (Å²) in [4.78, 5) is 53.1. The standard InChI is InChI=1S/C19H25ClN2O6Si/c1-29(2,3)10-9-27-19(26)21-15(12-13-5-4-6-14(20)11-13)18(25)28-22-16(23)7-8-17(22)24/h4-6,11,15H,7-10,12H2,1-3H3,(H,21,26)/t15-/m0/s1. The number of amides is 3. The molecular weight excluding hydrogens is 416 g/mol. The van der Waals surface area contributed by atoms with E-state index in [0.29, 0.717) is 15.6 Å². The summed E-state index contributed by atoms with van der Waals surface area (Å²) in [7, 11) is -1.39. The molecule has 2 rings (SSSR count). The molecule has 1 fully saturated rings. The smallest absolute Gasteiger partial charge is 0.407 e. The molecule has 0 saturated carbocycles. The van der Waals surface area contributed by atoms with E-state index in [4.69, 9.17) is 21.2 Å². The molecule has 1 aromatic rings. The third-order valence-corrected chi connectivity index (χ3v) is 6.12. The molecular formula is C19H25ClN2O6Si. The van der Waals surface area contributed by atoms with Gasteiger partial charge < -0.3 is 14.9 Å². The quantitative estimate of drug-likeness (QED) is 0.492. The van der Waals surface area contributed by atoms with E-state index in [0.717, 1.165) is 6.04 Å². The van der Waals surface area contributed by atoms with Crippen LogP contribution in [-0.4, -0.2) is 49.7 Å². The number of nitrogens with zero attached hydrogens (tertiary/aromatic N) is 1. The lowest BCUT2D eigenvalue weighted by molar-refractivity contribution is -0.198. The Bertz CT molecular complexity index is 779. The maximum Gasteiger partial charge on any atom is 0.407 e. The van der Waals surface area contributed by atoms with Crippen molar-refractivity contribution < 1.29 is 28.8 Å². The number of hydrogen-bond donors (Lipinski definition) is 1. The largest absolute Gasteiger partial charge is 0.450 e. The highest BCUT2D eigenvalue weighted by Crippen LogP contribution is 2.16. The number of halogens is 1. The van der Waals surface area contributed by atoms with Gasteiger partial charge in [-0.25, -0.2) is 9.59 Å². The van der Waals surface area contributed by atoms with Crippen LogP contribution in [0.3, 0.4) is 0 Å². The number of alkyl carbamates (subject to hydrolysis) is 1. The van der Waals surface area contributed by atoms with Crippen LogP contribution >= 0.6 is 11.6 Å². The van der Waals surface area contributed by atoms with Crippen LogP contribution in [-0.2, 0) is 30.4 Å². The molecule has 1 atom stereocenters. The van der Waals surface area contributed by atoms with E-state index in [-0.39, 0.29) is 25.9 Å². The Kier molecular flexibility index (Phi) is 7.80. The van der Waals surface area contributed by atoms with Gasteiger partial charge in [0, 0.05) is 32.4 Å². The van der Waals surface area contributed by atoms with Crippen molar-refractivity contribution in [2.24, 2.45) is 0 Å². The average molecular weight is 441 g/mol. The first-order valence-corrected chi connectivity index (χ1v) is 13.4. The molecule has 1 aliphatic heterocycles. The van der Waals surface area contributed by atoms with Gasteiger partial charge in [0.25, 0.3) is 11.8 Å². The number of rotatable bonds is 8. The Balaban J connectivity index is 2.05. The van der Waals surface area contributed by atoms with Crippen LogP contribution in [0.25, 0.3) is 0 Å². The van der Waals surface area contributed by atoms with Crippen LogP contribution in [0.5, 0.6) is 0 Å². The average Bonchev–Trinajstić information content (AvgIpc) is 2.92. The number of carbonyl (C=O) groups excluding carboxylic acids is 4. The summed E-state index contributed by atoms with van der Waals surface area (Å²) in [6.07, 6.45) is -0.751. The zero-order valence-corrected chi connectivity index (χ0v) is 18.5. The van der Waals surface area contributed by atoms with Crippen molar-refractivity contribution in [2.75, 3.05) is 6.61 Å². The topological polar surface area (TPSA) is 102 Å². The van der Waals surface area contributed by atoms with Gasteiger partial charge in [-0.05, 0) is 23.7 Å². The van der Waals surface area contributed by atoms with Crippen LogP contribution in [0.2, 0.25) is 30.7 Å². The van der Waals surface area contributed by atoms with Gasteiger partial charge >= 0.3 is 12.1 Å². The SMILES string of the molecule is C[Si](C)(C)CCOC(=O)N[C@@H](Cc1cccc(Cl)c1)C(=O)ON1C(=O)CCC1=O. The normalized spacial score (nSPS) is 15.2. The fourth-order valence-electron chi connectivity index (χ4n) is 2.54. The first kappa shape index (κ1) is 22.9. The van der Waals surface area contributed by atoms with Gasteiger partial charge in [-0.15, -0.1) is 5.06 Å². The monoisotopic (exact) mass is 440 g/mol. The van der Waals surface area contributed by atoms with Crippen LogP contribution < -0.4 is 5.32 Å². The predicted molar refractivity (Wildman–Crippen MR) is 109 cm³/mol. The minimum atomic E-state index is -1.39. The van der Waals surface area contributed by atoms with Gasteiger partial charge in [0.2, 0.25) is 0 Å². The van der Waals surface area contributed by atoms with Crippen LogP contribution in [0.15, 0.2) is 24.3 Å². The van der Waals surface area contributed by atoms with Crippen molar-refractivity contribution in [3.05, 3.63) is 34.9 Å². The zero-order valence-electron chi connectivity index (χ0n) is 16.7. The van der Waals surface area contributed by atoms with E-state index in [1.54, 1.807) is 24.3 Å². The minimum absolute atomic E-state index is 0.0166. The molecule has 8 nitrogen and oxygen atoms in total. The molecule has 0 spiro atoms. The van der Waals surface area contributed by atoms with Crippen molar-refractivity contribution in [3.8, 4) is 0 Å². The summed E-state index contributed by atoms with van der Waals surface area (Å²) < 4.78 is 5.18. The summed E-state index contributed by atoms with van der Waals surface area (Å²) in [5, 5.41) is 3.38. The molecule has 3 amide bonds. The first-order valence-electron chi connectivity index (χ1n) is 9.30. The second-order valence-electron chi connectivity index (χ2n) is 7.97. The summed E-state index contributed by atoms with van der Waals surface area (Å²) in [6, 6.07) is 6.38. The van der Waals surface area contributed by atoms with Gasteiger partial charge in [0.15, 0.2) is 0 Å². The molecule has 158 valence electrons. The third-order valence-electron chi connectivity index (χ3n) is 4.18. The summed E-state index contributed by atoms with van der Waals surface area (Å²) >= 11 is 5.98. The molecule has 1 N–H and O–H groups in total. The van der Waals surface area contributed by atoms with Crippen LogP contribution in [0, 0.1) is 0 Å². The lowest BCUT2D eigenvalue weighted by Crippen LogP contribution is -2.46. The van der Waals surface area contributed by atoms with Gasteiger partial charge in [-0.2, -0.15) is 0 Å². The number of hydrogen-bond acceptors (Lipinski definition) is 6. The number of hydroxylamine groups is 2.